The fraction of sp³-hybridized carbons (Fsp3) is 0.304. The van der Waals surface area contributed by atoms with Gasteiger partial charge in [0.1, 0.15) is 0 Å². The summed E-state index contributed by atoms with van der Waals surface area (Å²) in [5.41, 5.74) is 9.60. The minimum Gasteiger partial charge on any atom is -0.369 e. The molecule has 0 saturated heterocycles. The van der Waals surface area contributed by atoms with Crippen LogP contribution in [-0.4, -0.2) is 38.0 Å². The summed E-state index contributed by atoms with van der Waals surface area (Å²) in [6, 6.07) is 9.75. The van der Waals surface area contributed by atoms with E-state index in [-0.39, 0.29) is 17.7 Å². The third-order valence-electron chi connectivity index (χ3n) is 5.10. The number of nitrogens with zero attached hydrogens (tertiary/aromatic N) is 4. The highest BCUT2D eigenvalue weighted by atomic mass is 16.2. The van der Waals surface area contributed by atoms with Crippen molar-refractivity contribution in [3.63, 3.8) is 0 Å². The maximum atomic E-state index is 13.2. The maximum Gasteiger partial charge on any atom is 0.353 e. The van der Waals surface area contributed by atoms with Crippen molar-refractivity contribution in [2.45, 2.75) is 39.8 Å². The summed E-state index contributed by atoms with van der Waals surface area (Å²) in [5, 5.41) is 15.9. The number of hydrogen-bond acceptors (Lipinski definition) is 6. The average molecular weight is 420 g/mol. The third kappa shape index (κ3) is 4.49. The molecular weight excluding hydrogens is 390 g/mol. The molecule has 2 heterocycles. The van der Waals surface area contributed by atoms with Gasteiger partial charge in [0.05, 0.1) is 17.8 Å². The molecule has 0 amide bonds. The third-order valence-corrected chi connectivity index (χ3v) is 5.10. The standard InChI is InChI=1S/C23H29N7O/c1-5-10-17(13-15(3)24)19-20(16-11-8-7-9-12-16)27-22(25)30-21(19)28-29(23(30)31)14-18(6-2)26-4/h5,7-13,18,24,26H,6,14H2,1-4H3,(H2,25,27)/b10-5-,17-13+,24-15?. The monoisotopic (exact) mass is 419 g/mol. The van der Waals surface area contributed by atoms with Crippen molar-refractivity contribution in [1.82, 2.24) is 24.5 Å². The van der Waals surface area contributed by atoms with Crippen LogP contribution in [0.15, 0.2) is 53.4 Å². The Kier molecular flexibility index (Phi) is 6.81. The van der Waals surface area contributed by atoms with E-state index in [0.717, 1.165) is 17.6 Å². The molecule has 3 rings (SSSR count). The Morgan fingerprint density at radius 3 is 2.61 bits per heavy atom. The molecule has 1 unspecified atom stereocenters. The second-order valence-corrected chi connectivity index (χ2v) is 7.36. The van der Waals surface area contributed by atoms with Gasteiger partial charge in [0.15, 0.2) is 5.65 Å². The molecule has 2 aromatic heterocycles. The first-order chi connectivity index (χ1) is 14.9. The largest absolute Gasteiger partial charge is 0.369 e. The van der Waals surface area contributed by atoms with Crippen molar-refractivity contribution in [3.8, 4) is 11.3 Å². The van der Waals surface area contributed by atoms with Gasteiger partial charge in [0.25, 0.3) is 0 Å². The molecule has 0 aliphatic heterocycles. The topological polar surface area (TPSA) is 114 Å². The van der Waals surface area contributed by atoms with Crippen LogP contribution in [0.25, 0.3) is 22.5 Å². The van der Waals surface area contributed by atoms with Gasteiger partial charge in [-0.15, -0.1) is 5.10 Å². The van der Waals surface area contributed by atoms with Crippen LogP contribution < -0.4 is 16.7 Å². The first kappa shape index (κ1) is 22.2. The highest BCUT2D eigenvalue weighted by Gasteiger charge is 2.22. The second kappa shape index (κ2) is 9.53. The van der Waals surface area contributed by atoms with E-state index in [1.54, 1.807) is 13.0 Å². The van der Waals surface area contributed by atoms with Gasteiger partial charge in [-0.25, -0.2) is 18.9 Å². The number of anilines is 1. The minimum atomic E-state index is -0.332. The van der Waals surface area contributed by atoms with Gasteiger partial charge in [-0.05, 0) is 39.0 Å². The molecule has 0 spiro atoms. The summed E-state index contributed by atoms with van der Waals surface area (Å²) in [6.45, 7) is 6.08. The molecule has 0 aliphatic rings. The van der Waals surface area contributed by atoms with E-state index in [1.165, 1.54) is 9.08 Å². The van der Waals surface area contributed by atoms with Gasteiger partial charge in [0, 0.05) is 17.3 Å². The molecule has 0 saturated carbocycles. The zero-order valence-electron chi connectivity index (χ0n) is 18.4. The number of nitrogens with one attached hydrogen (secondary N) is 2. The Labute approximate surface area is 181 Å². The molecule has 0 bridgehead atoms. The summed E-state index contributed by atoms with van der Waals surface area (Å²) in [7, 11) is 1.86. The van der Waals surface area contributed by atoms with Crippen LogP contribution in [0.4, 0.5) is 5.95 Å². The molecule has 4 N–H and O–H groups in total. The predicted molar refractivity (Wildman–Crippen MR) is 126 cm³/mol. The predicted octanol–water partition coefficient (Wildman–Crippen LogP) is 3.14. The normalized spacial score (nSPS) is 13.2. The second-order valence-electron chi connectivity index (χ2n) is 7.36. The summed E-state index contributed by atoms with van der Waals surface area (Å²) >= 11 is 0. The quantitative estimate of drug-likeness (QED) is 0.383. The molecule has 162 valence electrons. The molecule has 1 atom stereocenters. The molecule has 0 fully saturated rings. The number of likely N-dealkylation sites (N-methyl/N-ethyl adjacent to an activating group) is 1. The Bertz CT molecular complexity index is 1200. The lowest BCUT2D eigenvalue weighted by molar-refractivity contribution is 0.435. The summed E-state index contributed by atoms with van der Waals surface area (Å²) in [5.74, 6) is 0.0813. The zero-order valence-corrected chi connectivity index (χ0v) is 18.4. The first-order valence-corrected chi connectivity index (χ1v) is 10.3. The van der Waals surface area contributed by atoms with Gasteiger partial charge in [-0.3, -0.25) is 0 Å². The van der Waals surface area contributed by atoms with E-state index >= 15 is 0 Å². The van der Waals surface area contributed by atoms with Crippen LogP contribution in [0.2, 0.25) is 0 Å². The van der Waals surface area contributed by atoms with Gasteiger partial charge < -0.3 is 16.5 Å². The van der Waals surface area contributed by atoms with Crippen molar-refractivity contribution >= 4 is 22.9 Å². The maximum absolute atomic E-state index is 13.2. The Morgan fingerprint density at radius 2 is 2.03 bits per heavy atom. The Balaban J connectivity index is 2.42. The number of nitrogens with two attached hydrogens (primary N) is 1. The average Bonchev–Trinajstić information content (AvgIpc) is 3.08. The molecular formula is C23H29N7O. The van der Waals surface area contributed by atoms with E-state index < -0.39 is 0 Å². The molecule has 0 aliphatic carbocycles. The van der Waals surface area contributed by atoms with Crippen LogP contribution in [0.5, 0.6) is 0 Å². The molecule has 31 heavy (non-hydrogen) atoms. The zero-order chi connectivity index (χ0) is 22.5. The highest BCUT2D eigenvalue weighted by molar-refractivity contribution is 6.03. The fourth-order valence-electron chi connectivity index (χ4n) is 3.54. The lowest BCUT2D eigenvalue weighted by Gasteiger charge is -2.13. The molecule has 8 nitrogen and oxygen atoms in total. The fourth-order valence-corrected chi connectivity index (χ4v) is 3.54. The number of benzene rings is 1. The summed E-state index contributed by atoms with van der Waals surface area (Å²) in [4.78, 5) is 17.8. The molecule has 1 aromatic carbocycles. The van der Waals surface area contributed by atoms with Crippen molar-refractivity contribution in [2.75, 3.05) is 12.8 Å². The smallest absolute Gasteiger partial charge is 0.353 e. The van der Waals surface area contributed by atoms with Crippen LogP contribution >= 0.6 is 0 Å². The SMILES string of the molecule is C/C=C\C(=C/C(C)=N)c1c(-c2ccccc2)nc(N)n2c(=O)n(CC(CC)NC)nc12. The number of allylic oxidation sites excluding steroid dienone is 4. The van der Waals surface area contributed by atoms with E-state index in [2.05, 4.69) is 22.3 Å². The number of fused-ring (bicyclic) bond motifs is 1. The lowest BCUT2D eigenvalue weighted by atomic mass is 9.98. The van der Waals surface area contributed by atoms with Gasteiger partial charge in [-0.2, -0.15) is 0 Å². The van der Waals surface area contributed by atoms with Crippen molar-refractivity contribution < 1.29 is 0 Å². The van der Waals surface area contributed by atoms with Gasteiger partial charge >= 0.3 is 5.69 Å². The van der Waals surface area contributed by atoms with E-state index in [0.29, 0.717) is 29.2 Å². The van der Waals surface area contributed by atoms with Crippen LogP contribution in [0, 0.1) is 5.41 Å². The summed E-state index contributed by atoms with van der Waals surface area (Å²) in [6.07, 6.45) is 6.37. The number of aromatic nitrogens is 4. The van der Waals surface area contributed by atoms with Crippen LogP contribution in [0.1, 0.15) is 32.8 Å². The number of rotatable bonds is 8. The number of hydrogen-bond donors (Lipinski definition) is 3. The molecule has 0 radical (unpaired) electrons. The molecule has 3 aromatic rings. The van der Waals surface area contributed by atoms with Crippen molar-refractivity contribution in [1.29, 1.82) is 5.41 Å². The minimum absolute atomic E-state index is 0.0813. The Hall–Kier alpha value is -3.52. The van der Waals surface area contributed by atoms with E-state index in [1.807, 2.05) is 56.5 Å². The first-order valence-electron chi connectivity index (χ1n) is 10.3. The van der Waals surface area contributed by atoms with E-state index in [9.17, 15) is 4.79 Å². The van der Waals surface area contributed by atoms with Gasteiger partial charge in [0.2, 0.25) is 5.95 Å². The Morgan fingerprint density at radius 1 is 1.32 bits per heavy atom. The van der Waals surface area contributed by atoms with Crippen molar-refractivity contribution in [2.24, 2.45) is 0 Å². The van der Waals surface area contributed by atoms with Crippen LogP contribution in [0.3, 0.4) is 0 Å². The molecule has 8 heteroatoms. The van der Waals surface area contributed by atoms with Gasteiger partial charge in [-0.1, -0.05) is 49.4 Å². The van der Waals surface area contributed by atoms with Crippen LogP contribution in [-0.2, 0) is 6.54 Å². The van der Waals surface area contributed by atoms with Crippen molar-refractivity contribution in [3.05, 3.63) is 64.6 Å². The summed E-state index contributed by atoms with van der Waals surface area (Å²) < 4.78 is 2.78. The van der Waals surface area contributed by atoms with E-state index in [4.69, 9.17) is 11.1 Å². The lowest BCUT2D eigenvalue weighted by Crippen LogP contribution is -2.34. The number of nitrogen functional groups attached to an aromatic ring is 1. The highest BCUT2D eigenvalue weighted by Crippen LogP contribution is 2.32.